The van der Waals surface area contributed by atoms with Crippen LogP contribution in [0.4, 0.5) is 0 Å². The Balaban J connectivity index is 2.22. The molecule has 17 heavy (non-hydrogen) atoms. The van der Waals surface area contributed by atoms with E-state index in [0.29, 0.717) is 12.1 Å². The van der Waals surface area contributed by atoms with Gasteiger partial charge in [0.25, 0.3) is 5.91 Å². The molecule has 3 N–H and O–H groups in total. The van der Waals surface area contributed by atoms with Crippen molar-refractivity contribution in [3.05, 3.63) is 53.3 Å². The summed E-state index contributed by atoms with van der Waals surface area (Å²) in [5.41, 5.74) is 4.76. The number of rotatable bonds is 3. The van der Waals surface area contributed by atoms with Gasteiger partial charge in [-0.3, -0.25) is 14.9 Å². The quantitative estimate of drug-likeness (QED) is 0.466. The number of nitrogen functional groups attached to an aromatic ring is 1. The fourth-order valence-corrected chi connectivity index (χ4v) is 1.63. The minimum Gasteiger partial charge on any atom is -0.290 e. The molecule has 1 amide bonds. The average molecular weight is 230 g/mol. The minimum atomic E-state index is -0.288. The third-order valence-corrected chi connectivity index (χ3v) is 2.58. The number of hydrogen-bond donors (Lipinski definition) is 2. The van der Waals surface area contributed by atoms with Crippen molar-refractivity contribution in [1.29, 1.82) is 0 Å². The number of hydrazine groups is 1. The van der Waals surface area contributed by atoms with Crippen LogP contribution < -0.4 is 11.3 Å². The highest BCUT2D eigenvalue weighted by Crippen LogP contribution is 2.08. The van der Waals surface area contributed by atoms with Crippen LogP contribution in [-0.4, -0.2) is 15.7 Å². The molecule has 2 rings (SSSR count). The van der Waals surface area contributed by atoms with Gasteiger partial charge in [0, 0.05) is 17.5 Å². The average Bonchev–Trinajstić information content (AvgIpc) is 2.74. The monoisotopic (exact) mass is 230 g/mol. The lowest BCUT2D eigenvalue weighted by Gasteiger charge is -2.06. The third kappa shape index (κ3) is 2.51. The molecule has 0 fully saturated rings. The van der Waals surface area contributed by atoms with Crippen LogP contribution in [-0.2, 0) is 6.54 Å². The molecule has 0 aliphatic carbocycles. The molecule has 0 bridgehead atoms. The zero-order chi connectivity index (χ0) is 12.3. The van der Waals surface area contributed by atoms with E-state index in [4.69, 9.17) is 5.84 Å². The van der Waals surface area contributed by atoms with Gasteiger partial charge in [-0.2, -0.15) is 5.10 Å². The van der Waals surface area contributed by atoms with E-state index in [0.717, 1.165) is 11.3 Å². The predicted molar refractivity (Wildman–Crippen MR) is 64.2 cm³/mol. The molecule has 0 unspecified atom stereocenters. The van der Waals surface area contributed by atoms with Crippen molar-refractivity contribution in [2.75, 3.05) is 0 Å². The summed E-state index contributed by atoms with van der Waals surface area (Å²) in [7, 11) is 0. The number of aryl methyl sites for hydroxylation is 1. The molecule has 0 aliphatic heterocycles. The van der Waals surface area contributed by atoms with E-state index >= 15 is 0 Å². The molecule has 1 heterocycles. The number of nitrogens with one attached hydrogen (secondary N) is 1. The lowest BCUT2D eigenvalue weighted by atomic mass is 10.1. The van der Waals surface area contributed by atoms with E-state index in [1.807, 2.05) is 35.9 Å². The van der Waals surface area contributed by atoms with Gasteiger partial charge in [-0.25, -0.2) is 5.84 Å². The number of hydrogen-bond acceptors (Lipinski definition) is 3. The second-order valence-corrected chi connectivity index (χ2v) is 3.80. The first-order valence-electron chi connectivity index (χ1n) is 5.29. The van der Waals surface area contributed by atoms with Crippen molar-refractivity contribution in [1.82, 2.24) is 15.2 Å². The molecule has 5 heteroatoms. The molecule has 0 saturated carbocycles. The topological polar surface area (TPSA) is 72.9 Å². The van der Waals surface area contributed by atoms with Crippen LogP contribution in [0.25, 0.3) is 0 Å². The first kappa shape index (κ1) is 11.3. The minimum absolute atomic E-state index is 0.288. The molecule has 0 aliphatic rings. The predicted octanol–water partition coefficient (Wildman–Crippen LogP) is 0.843. The Bertz CT molecular complexity index is 533. The van der Waals surface area contributed by atoms with Crippen molar-refractivity contribution >= 4 is 5.91 Å². The van der Waals surface area contributed by atoms with Crippen molar-refractivity contribution < 1.29 is 4.79 Å². The standard InChI is InChI=1S/C12H14N4O/c1-9-5-6-14-16(9)8-10-3-2-4-11(7-10)12(17)15-13/h2-7H,8,13H2,1H3,(H,15,17). The van der Waals surface area contributed by atoms with Crippen LogP contribution in [0.3, 0.4) is 0 Å². The summed E-state index contributed by atoms with van der Waals surface area (Å²) >= 11 is 0. The van der Waals surface area contributed by atoms with Gasteiger partial charge >= 0.3 is 0 Å². The molecule has 1 aromatic heterocycles. The third-order valence-electron chi connectivity index (χ3n) is 2.58. The summed E-state index contributed by atoms with van der Waals surface area (Å²) in [5, 5.41) is 4.20. The van der Waals surface area contributed by atoms with Crippen LogP contribution in [0.5, 0.6) is 0 Å². The van der Waals surface area contributed by atoms with Crippen LogP contribution in [0, 0.1) is 6.92 Å². The number of carbonyl (C=O) groups excluding carboxylic acids is 1. The molecule has 0 atom stereocenters. The summed E-state index contributed by atoms with van der Waals surface area (Å²) in [5.74, 6) is 4.81. The summed E-state index contributed by atoms with van der Waals surface area (Å²) in [6.45, 7) is 2.63. The molecular weight excluding hydrogens is 216 g/mol. The largest absolute Gasteiger partial charge is 0.290 e. The van der Waals surface area contributed by atoms with Crippen LogP contribution in [0.2, 0.25) is 0 Å². The van der Waals surface area contributed by atoms with E-state index < -0.39 is 0 Å². The Hall–Kier alpha value is -2.14. The lowest BCUT2D eigenvalue weighted by molar-refractivity contribution is 0.0953. The molecule has 1 aromatic carbocycles. The maximum absolute atomic E-state index is 11.4. The molecule has 5 nitrogen and oxygen atoms in total. The highest BCUT2D eigenvalue weighted by Gasteiger charge is 2.05. The van der Waals surface area contributed by atoms with Gasteiger partial charge in [0.15, 0.2) is 0 Å². The number of carbonyl (C=O) groups is 1. The van der Waals surface area contributed by atoms with E-state index in [-0.39, 0.29) is 5.91 Å². The Labute approximate surface area is 99.2 Å². The molecule has 2 aromatic rings. The second kappa shape index (κ2) is 4.80. The molecular formula is C12H14N4O. The van der Waals surface area contributed by atoms with E-state index in [2.05, 4.69) is 10.5 Å². The maximum Gasteiger partial charge on any atom is 0.265 e. The number of benzene rings is 1. The van der Waals surface area contributed by atoms with Crippen LogP contribution in [0.15, 0.2) is 36.5 Å². The lowest BCUT2D eigenvalue weighted by Crippen LogP contribution is -2.30. The van der Waals surface area contributed by atoms with Crippen molar-refractivity contribution in [2.24, 2.45) is 5.84 Å². The van der Waals surface area contributed by atoms with Gasteiger partial charge < -0.3 is 0 Å². The van der Waals surface area contributed by atoms with E-state index in [1.165, 1.54) is 0 Å². The first-order valence-corrected chi connectivity index (χ1v) is 5.29. The fraction of sp³-hybridized carbons (Fsp3) is 0.167. The van der Waals surface area contributed by atoms with Gasteiger partial charge in [0.05, 0.1) is 6.54 Å². The van der Waals surface area contributed by atoms with Crippen molar-refractivity contribution in [3.63, 3.8) is 0 Å². The van der Waals surface area contributed by atoms with Gasteiger partial charge in [-0.05, 0) is 30.7 Å². The van der Waals surface area contributed by atoms with Gasteiger partial charge in [-0.1, -0.05) is 12.1 Å². The molecule has 0 spiro atoms. The Morgan fingerprint density at radius 2 is 2.29 bits per heavy atom. The Morgan fingerprint density at radius 1 is 1.47 bits per heavy atom. The number of nitrogens with zero attached hydrogens (tertiary/aromatic N) is 2. The molecule has 0 radical (unpaired) electrons. The van der Waals surface area contributed by atoms with Gasteiger partial charge in [-0.15, -0.1) is 0 Å². The number of nitrogens with two attached hydrogens (primary N) is 1. The summed E-state index contributed by atoms with van der Waals surface area (Å²) in [4.78, 5) is 11.4. The second-order valence-electron chi connectivity index (χ2n) is 3.80. The number of aromatic nitrogens is 2. The fourth-order valence-electron chi connectivity index (χ4n) is 1.63. The maximum atomic E-state index is 11.4. The molecule has 0 saturated heterocycles. The Kier molecular flexibility index (Phi) is 3.20. The zero-order valence-electron chi connectivity index (χ0n) is 9.55. The Morgan fingerprint density at radius 3 is 2.94 bits per heavy atom. The highest BCUT2D eigenvalue weighted by molar-refractivity contribution is 5.93. The first-order chi connectivity index (χ1) is 8.20. The normalized spacial score (nSPS) is 10.2. The SMILES string of the molecule is Cc1ccnn1Cc1cccc(C(=O)NN)c1. The summed E-state index contributed by atoms with van der Waals surface area (Å²) < 4.78 is 1.87. The van der Waals surface area contributed by atoms with Gasteiger partial charge in [0.1, 0.15) is 0 Å². The number of amides is 1. The highest BCUT2D eigenvalue weighted by atomic mass is 16.2. The zero-order valence-corrected chi connectivity index (χ0v) is 9.55. The summed E-state index contributed by atoms with van der Waals surface area (Å²) in [6.07, 6.45) is 1.76. The molecule has 88 valence electrons. The van der Waals surface area contributed by atoms with Crippen molar-refractivity contribution in [2.45, 2.75) is 13.5 Å². The van der Waals surface area contributed by atoms with Crippen molar-refractivity contribution in [3.8, 4) is 0 Å². The van der Waals surface area contributed by atoms with E-state index in [9.17, 15) is 4.79 Å². The van der Waals surface area contributed by atoms with E-state index in [1.54, 1.807) is 12.3 Å². The van der Waals surface area contributed by atoms with Crippen LogP contribution in [0.1, 0.15) is 21.6 Å². The van der Waals surface area contributed by atoms with Crippen LogP contribution >= 0.6 is 0 Å². The van der Waals surface area contributed by atoms with Gasteiger partial charge in [0.2, 0.25) is 0 Å². The smallest absolute Gasteiger partial charge is 0.265 e. The summed E-state index contributed by atoms with van der Waals surface area (Å²) in [6, 6.07) is 9.26.